The number of aliphatic hydroxyl groups excluding tert-OH is 1. The van der Waals surface area contributed by atoms with Gasteiger partial charge >= 0.3 is 6.18 Å². The van der Waals surface area contributed by atoms with Crippen molar-refractivity contribution < 1.29 is 42.3 Å². The zero-order valence-electron chi connectivity index (χ0n) is 26.3. The second-order valence-corrected chi connectivity index (χ2v) is 11.6. The zero-order chi connectivity index (χ0) is 34.6. The number of carbonyl (C=O) groups excluding carboxylic acids is 5. The van der Waals surface area contributed by atoms with E-state index in [9.17, 15) is 42.3 Å². The SMILES string of the molecule is CC(=O)CCC(NC(=O)[C@H](C)CC(=O)[C@H](Cc1ccccc1)NC(=O)CCC(=O)c1ccc(-c2ccccc2)cc1)C(O)C(F)(F)F. The fourth-order valence-electron chi connectivity index (χ4n) is 4.97. The highest BCUT2D eigenvalue weighted by atomic mass is 19.4. The molecule has 0 saturated heterocycles. The first-order valence-electron chi connectivity index (χ1n) is 15.3. The molecule has 0 spiro atoms. The first-order chi connectivity index (χ1) is 22.2. The molecular weight excluding hydrogens is 613 g/mol. The van der Waals surface area contributed by atoms with Gasteiger partial charge in [-0.1, -0.05) is 91.9 Å². The third-order valence-corrected chi connectivity index (χ3v) is 7.71. The summed E-state index contributed by atoms with van der Waals surface area (Å²) in [5.74, 6) is -3.78. The molecule has 0 aliphatic heterocycles. The number of carbonyl (C=O) groups is 5. The standard InChI is InChI=1S/C36H39F3N2O6/c1-23(35(47)41-29(18-13-24(2)42)34(46)36(37,38)39)21-32(44)30(22-25-9-5-3-6-10-25)40-33(45)20-19-31(43)28-16-14-27(15-17-28)26-11-7-4-8-12-26/h3-12,14-17,23,29-30,34,46H,13,18-22H2,1-2H3,(H,40,45)(H,41,47)/t23-,29?,30+,34?/m1/s1. The van der Waals surface area contributed by atoms with Gasteiger partial charge in [0.05, 0.1) is 12.1 Å². The van der Waals surface area contributed by atoms with Crippen molar-refractivity contribution in [2.24, 2.45) is 5.92 Å². The minimum atomic E-state index is -5.04. The van der Waals surface area contributed by atoms with Crippen molar-refractivity contribution >= 4 is 29.2 Å². The molecule has 3 aromatic carbocycles. The molecule has 3 aromatic rings. The minimum Gasteiger partial charge on any atom is -0.382 e. The number of hydrogen-bond acceptors (Lipinski definition) is 6. The molecule has 0 saturated carbocycles. The number of hydrogen-bond donors (Lipinski definition) is 3. The van der Waals surface area contributed by atoms with Crippen LogP contribution in [0.2, 0.25) is 0 Å². The van der Waals surface area contributed by atoms with Gasteiger partial charge < -0.3 is 20.5 Å². The summed E-state index contributed by atoms with van der Waals surface area (Å²) in [6.45, 7) is 2.53. The summed E-state index contributed by atoms with van der Waals surface area (Å²) in [4.78, 5) is 63.3. The van der Waals surface area contributed by atoms with Crippen LogP contribution in [0.5, 0.6) is 0 Å². The Morgan fingerprint density at radius 2 is 1.34 bits per heavy atom. The van der Waals surface area contributed by atoms with Crippen LogP contribution in [0.1, 0.15) is 61.9 Å². The number of alkyl halides is 3. The molecule has 2 unspecified atom stereocenters. The lowest BCUT2D eigenvalue weighted by Crippen LogP contribution is -2.51. The van der Waals surface area contributed by atoms with Gasteiger partial charge in [-0.05, 0) is 36.5 Å². The largest absolute Gasteiger partial charge is 0.416 e. The van der Waals surface area contributed by atoms with Gasteiger partial charge in [-0.2, -0.15) is 13.2 Å². The first kappa shape index (κ1) is 36.8. The Hall–Kier alpha value is -4.64. The lowest BCUT2D eigenvalue weighted by molar-refractivity contribution is -0.213. The van der Waals surface area contributed by atoms with E-state index in [0.717, 1.165) is 16.7 Å². The van der Waals surface area contributed by atoms with Crippen molar-refractivity contribution in [3.8, 4) is 11.1 Å². The molecule has 2 amide bonds. The quantitative estimate of drug-likeness (QED) is 0.167. The van der Waals surface area contributed by atoms with Gasteiger partial charge in [-0.25, -0.2) is 0 Å². The van der Waals surface area contributed by atoms with E-state index in [1.54, 1.807) is 42.5 Å². The van der Waals surface area contributed by atoms with E-state index in [2.05, 4.69) is 10.6 Å². The second kappa shape index (κ2) is 17.3. The van der Waals surface area contributed by atoms with Gasteiger partial charge in [0.25, 0.3) is 0 Å². The molecule has 3 N–H and O–H groups in total. The van der Waals surface area contributed by atoms with E-state index in [0.29, 0.717) is 5.56 Å². The summed E-state index contributed by atoms with van der Waals surface area (Å²) < 4.78 is 39.6. The average Bonchev–Trinajstić information content (AvgIpc) is 3.05. The van der Waals surface area contributed by atoms with Gasteiger partial charge in [-0.3, -0.25) is 19.2 Å². The highest BCUT2D eigenvalue weighted by Gasteiger charge is 2.44. The van der Waals surface area contributed by atoms with E-state index < -0.39 is 66.5 Å². The summed E-state index contributed by atoms with van der Waals surface area (Å²) >= 11 is 0. The predicted octanol–water partition coefficient (Wildman–Crippen LogP) is 5.42. The molecule has 4 atom stereocenters. The van der Waals surface area contributed by atoms with Crippen molar-refractivity contribution in [2.75, 3.05) is 0 Å². The molecule has 0 radical (unpaired) electrons. The van der Waals surface area contributed by atoms with Gasteiger partial charge in [0.1, 0.15) is 5.78 Å². The second-order valence-electron chi connectivity index (χ2n) is 11.6. The van der Waals surface area contributed by atoms with E-state index in [1.165, 1.54) is 13.8 Å². The van der Waals surface area contributed by atoms with Gasteiger partial charge in [-0.15, -0.1) is 0 Å². The normalized spacial score (nSPS) is 13.9. The van der Waals surface area contributed by atoms with E-state index in [1.807, 2.05) is 42.5 Å². The Labute approximate surface area is 271 Å². The Kier molecular flexibility index (Phi) is 13.6. The van der Waals surface area contributed by atoms with Crippen LogP contribution in [0.4, 0.5) is 13.2 Å². The van der Waals surface area contributed by atoms with Gasteiger partial charge in [0.2, 0.25) is 11.8 Å². The fraction of sp³-hybridized carbons (Fsp3) is 0.361. The summed E-state index contributed by atoms with van der Waals surface area (Å²) in [6.07, 6.45) is -9.30. The van der Waals surface area contributed by atoms with Crippen LogP contribution in [-0.2, 0) is 25.6 Å². The molecule has 0 aliphatic carbocycles. The summed E-state index contributed by atoms with van der Waals surface area (Å²) in [6, 6.07) is 22.6. The molecule has 0 bridgehead atoms. The maximum absolute atomic E-state index is 13.4. The van der Waals surface area contributed by atoms with E-state index in [-0.39, 0.29) is 31.5 Å². The smallest absolute Gasteiger partial charge is 0.382 e. The molecule has 0 fully saturated rings. The topological polar surface area (TPSA) is 130 Å². The van der Waals surface area contributed by atoms with Crippen LogP contribution in [0, 0.1) is 5.92 Å². The number of rotatable bonds is 17. The van der Waals surface area contributed by atoms with Crippen LogP contribution in [0.15, 0.2) is 84.9 Å². The average molecular weight is 653 g/mol. The van der Waals surface area contributed by atoms with Crippen molar-refractivity contribution in [2.45, 2.75) is 76.7 Å². The molecule has 8 nitrogen and oxygen atoms in total. The number of aliphatic hydroxyl groups is 1. The fourth-order valence-corrected chi connectivity index (χ4v) is 4.97. The lowest BCUT2D eigenvalue weighted by Gasteiger charge is -2.27. The molecule has 3 rings (SSSR count). The highest BCUT2D eigenvalue weighted by molar-refractivity contribution is 5.99. The molecule has 47 heavy (non-hydrogen) atoms. The van der Waals surface area contributed by atoms with Crippen molar-refractivity contribution in [1.82, 2.24) is 10.6 Å². The summed E-state index contributed by atoms with van der Waals surface area (Å²) in [5.41, 5.74) is 3.09. The Morgan fingerprint density at radius 1 is 0.766 bits per heavy atom. The highest BCUT2D eigenvalue weighted by Crippen LogP contribution is 2.25. The third-order valence-electron chi connectivity index (χ3n) is 7.71. The van der Waals surface area contributed by atoms with Crippen molar-refractivity contribution in [3.05, 3.63) is 96.1 Å². The minimum absolute atomic E-state index is 0.0860. The van der Waals surface area contributed by atoms with E-state index >= 15 is 0 Å². The van der Waals surface area contributed by atoms with Crippen LogP contribution in [0.3, 0.4) is 0 Å². The first-order valence-corrected chi connectivity index (χ1v) is 15.3. The maximum atomic E-state index is 13.4. The van der Waals surface area contributed by atoms with Crippen molar-refractivity contribution in [3.63, 3.8) is 0 Å². The Morgan fingerprint density at radius 3 is 1.91 bits per heavy atom. The number of halogens is 3. The number of amides is 2. The lowest BCUT2D eigenvalue weighted by atomic mass is 9.94. The van der Waals surface area contributed by atoms with Gasteiger partial charge in [0.15, 0.2) is 17.7 Å². The Bertz CT molecular complexity index is 1510. The monoisotopic (exact) mass is 652 g/mol. The van der Waals surface area contributed by atoms with Crippen LogP contribution < -0.4 is 10.6 Å². The van der Waals surface area contributed by atoms with Crippen LogP contribution in [0.25, 0.3) is 11.1 Å². The Balaban J connectivity index is 1.63. The zero-order valence-corrected chi connectivity index (χ0v) is 26.3. The molecule has 11 heteroatoms. The summed E-state index contributed by atoms with van der Waals surface area (Å²) in [7, 11) is 0. The van der Waals surface area contributed by atoms with Crippen LogP contribution in [-0.4, -0.2) is 58.6 Å². The molecular formula is C36H39F3N2O6. The summed E-state index contributed by atoms with van der Waals surface area (Å²) in [5, 5.41) is 14.6. The molecule has 0 heterocycles. The number of Topliss-reactive ketones (excluding diaryl/α,β-unsaturated/α-hetero) is 3. The molecule has 250 valence electrons. The third kappa shape index (κ3) is 11.9. The number of ketones is 3. The maximum Gasteiger partial charge on any atom is 0.416 e. The molecule has 0 aliphatic rings. The van der Waals surface area contributed by atoms with E-state index in [4.69, 9.17) is 0 Å². The predicted molar refractivity (Wildman–Crippen MR) is 170 cm³/mol. The van der Waals surface area contributed by atoms with Crippen LogP contribution >= 0.6 is 0 Å². The van der Waals surface area contributed by atoms with Crippen molar-refractivity contribution in [1.29, 1.82) is 0 Å². The molecule has 0 aromatic heterocycles. The number of benzene rings is 3. The van der Waals surface area contributed by atoms with Gasteiger partial charge in [0, 0.05) is 37.2 Å². The number of nitrogens with one attached hydrogen (secondary N) is 2.